The van der Waals surface area contributed by atoms with Gasteiger partial charge in [0.25, 0.3) is 0 Å². The van der Waals surface area contributed by atoms with Crippen molar-refractivity contribution in [2.24, 2.45) is 5.41 Å². The molecule has 2 saturated heterocycles. The Bertz CT molecular complexity index is 981. The van der Waals surface area contributed by atoms with E-state index in [4.69, 9.17) is 9.47 Å². The number of carbonyl (C=O) groups excluding carboxylic acids is 1. The molecule has 2 atom stereocenters. The lowest BCUT2D eigenvalue weighted by atomic mass is 9.73. The van der Waals surface area contributed by atoms with Gasteiger partial charge in [-0.25, -0.2) is 9.18 Å². The number of likely N-dealkylation sites (tertiary alicyclic amines) is 1. The van der Waals surface area contributed by atoms with Gasteiger partial charge in [0.15, 0.2) is 5.67 Å². The van der Waals surface area contributed by atoms with Crippen LogP contribution in [-0.4, -0.2) is 60.6 Å². The fourth-order valence-electron chi connectivity index (χ4n) is 5.09. The highest BCUT2D eigenvalue weighted by Gasteiger charge is 2.66. The summed E-state index contributed by atoms with van der Waals surface area (Å²) in [6.07, 6.45) is -0.740. The van der Waals surface area contributed by atoms with Crippen LogP contribution in [0.2, 0.25) is 0 Å². The van der Waals surface area contributed by atoms with Crippen molar-refractivity contribution in [3.8, 4) is 11.1 Å². The lowest BCUT2D eigenvalue weighted by molar-refractivity contribution is -0.171. The van der Waals surface area contributed by atoms with Gasteiger partial charge in [-0.05, 0) is 22.3 Å². The zero-order chi connectivity index (χ0) is 20.9. The van der Waals surface area contributed by atoms with E-state index in [0.29, 0.717) is 0 Å². The topological polar surface area (TPSA) is 76.1 Å². The first-order valence-electron chi connectivity index (χ1n) is 10.1. The van der Waals surface area contributed by atoms with Crippen molar-refractivity contribution in [1.82, 2.24) is 4.90 Å². The van der Waals surface area contributed by atoms with Crippen molar-refractivity contribution in [3.63, 3.8) is 0 Å². The smallest absolute Gasteiger partial charge is 0.409 e. The number of carboxylic acids is 1. The average Bonchev–Trinajstić information content (AvgIpc) is 3.25. The Hall–Kier alpha value is -2.93. The number of rotatable bonds is 3. The summed E-state index contributed by atoms with van der Waals surface area (Å²) < 4.78 is 26.3. The molecule has 2 fully saturated rings. The van der Waals surface area contributed by atoms with Crippen LogP contribution in [0.3, 0.4) is 0 Å². The molecule has 1 aliphatic carbocycles. The first kappa shape index (κ1) is 19.1. The van der Waals surface area contributed by atoms with Crippen molar-refractivity contribution in [3.05, 3.63) is 59.7 Å². The average molecular weight is 411 g/mol. The Morgan fingerprint density at radius 2 is 1.73 bits per heavy atom. The Morgan fingerprint density at radius 1 is 1.10 bits per heavy atom. The van der Waals surface area contributed by atoms with Crippen LogP contribution < -0.4 is 0 Å². The molecular formula is C23H22FNO5. The molecule has 1 N–H and O–H groups in total. The Kier molecular flexibility index (Phi) is 4.32. The molecule has 30 heavy (non-hydrogen) atoms. The largest absolute Gasteiger partial charge is 0.481 e. The molecule has 1 amide bonds. The highest BCUT2D eigenvalue weighted by Crippen LogP contribution is 2.48. The van der Waals surface area contributed by atoms with Gasteiger partial charge in [0.05, 0.1) is 13.2 Å². The third-order valence-electron chi connectivity index (χ3n) is 6.75. The van der Waals surface area contributed by atoms with E-state index in [0.717, 1.165) is 22.3 Å². The molecule has 0 radical (unpaired) electrons. The molecule has 2 aliphatic heterocycles. The third-order valence-corrected chi connectivity index (χ3v) is 6.75. The molecule has 156 valence electrons. The maximum Gasteiger partial charge on any atom is 0.409 e. The minimum absolute atomic E-state index is 0.0492. The number of nitrogens with zero attached hydrogens (tertiary/aromatic N) is 1. The second-order valence-electron chi connectivity index (χ2n) is 8.32. The number of benzene rings is 2. The van der Waals surface area contributed by atoms with Crippen LogP contribution in [0.5, 0.6) is 0 Å². The zero-order valence-corrected chi connectivity index (χ0v) is 16.3. The molecule has 0 saturated carbocycles. The van der Waals surface area contributed by atoms with Gasteiger partial charge in [-0.1, -0.05) is 48.5 Å². The van der Waals surface area contributed by atoms with Crippen molar-refractivity contribution < 1.29 is 28.6 Å². The molecule has 3 aliphatic rings. The summed E-state index contributed by atoms with van der Waals surface area (Å²) >= 11 is 0. The van der Waals surface area contributed by atoms with Crippen molar-refractivity contribution >= 4 is 12.1 Å². The van der Waals surface area contributed by atoms with Gasteiger partial charge >= 0.3 is 12.1 Å². The van der Waals surface area contributed by atoms with E-state index < -0.39 is 23.1 Å². The lowest BCUT2D eigenvalue weighted by Crippen LogP contribution is -2.56. The number of carbonyl (C=O) groups is 2. The van der Waals surface area contributed by atoms with Gasteiger partial charge < -0.3 is 19.5 Å². The van der Waals surface area contributed by atoms with Gasteiger partial charge in [-0.2, -0.15) is 0 Å². The molecule has 5 rings (SSSR count). The van der Waals surface area contributed by atoms with Gasteiger partial charge in [0.2, 0.25) is 0 Å². The minimum atomic E-state index is -2.01. The van der Waals surface area contributed by atoms with Gasteiger partial charge in [0, 0.05) is 25.5 Å². The predicted molar refractivity (Wildman–Crippen MR) is 106 cm³/mol. The van der Waals surface area contributed by atoms with E-state index in [2.05, 4.69) is 0 Å². The Morgan fingerprint density at radius 3 is 2.33 bits per heavy atom. The highest BCUT2D eigenvalue weighted by atomic mass is 19.1. The number of aliphatic carboxylic acids is 1. The molecule has 0 bridgehead atoms. The SMILES string of the molecule is O=C(OCC1c2ccccc2-c2ccccc21)N1C[C@@]2(F)CCOC[C@@]2(C(=O)O)C1. The second kappa shape index (κ2) is 6.80. The second-order valence-corrected chi connectivity index (χ2v) is 8.32. The number of hydrogen-bond donors (Lipinski definition) is 1. The summed E-state index contributed by atoms with van der Waals surface area (Å²) in [4.78, 5) is 25.8. The monoisotopic (exact) mass is 411 g/mol. The number of halogens is 1. The minimum Gasteiger partial charge on any atom is -0.481 e. The van der Waals surface area contributed by atoms with Crippen LogP contribution in [0.4, 0.5) is 9.18 Å². The molecule has 2 aromatic carbocycles. The van der Waals surface area contributed by atoms with Crippen LogP contribution in [0.15, 0.2) is 48.5 Å². The molecular weight excluding hydrogens is 389 g/mol. The summed E-state index contributed by atoms with van der Waals surface area (Å²) in [5, 5.41) is 9.69. The highest BCUT2D eigenvalue weighted by molar-refractivity contribution is 5.81. The van der Waals surface area contributed by atoms with E-state index in [1.165, 1.54) is 4.90 Å². The predicted octanol–water partition coefficient (Wildman–Crippen LogP) is 3.45. The number of fused-ring (bicyclic) bond motifs is 4. The van der Waals surface area contributed by atoms with Crippen molar-refractivity contribution in [2.45, 2.75) is 18.0 Å². The number of ether oxygens (including phenoxy) is 2. The number of alkyl halides is 1. The van der Waals surface area contributed by atoms with Crippen LogP contribution in [0.1, 0.15) is 23.5 Å². The maximum absolute atomic E-state index is 15.5. The number of carboxylic acid groups (broad SMARTS) is 1. The summed E-state index contributed by atoms with van der Waals surface area (Å²) in [6, 6.07) is 16.0. The molecule has 0 aromatic heterocycles. The lowest BCUT2D eigenvalue weighted by Gasteiger charge is -2.38. The van der Waals surface area contributed by atoms with E-state index in [9.17, 15) is 14.7 Å². The van der Waals surface area contributed by atoms with Crippen LogP contribution in [0, 0.1) is 5.41 Å². The summed E-state index contributed by atoms with van der Waals surface area (Å²) in [5.74, 6) is -1.39. The Labute approximate surface area is 173 Å². The Balaban J connectivity index is 1.35. The summed E-state index contributed by atoms with van der Waals surface area (Å²) in [6.45, 7) is -0.538. The molecule has 0 spiro atoms. The molecule has 6 nitrogen and oxygen atoms in total. The number of amides is 1. The first-order valence-corrected chi connectivity index (χ1v) is 10.1. The van der Waals surface area contributed by atoms with Crippen molar-refractivity contribution in [2.75, 3.05) is 32.9 Å². The quantitative estimate of drug-likeness (QED) is 0.837. The third kappa shape index (κ3) is 2.65. The molecule has 0 unspecified atom stereocenters. The van der Waals surface area contributed by atoms with Crippen LogP contribution in [-0.2, 0) is 14.3 Å². The fraction of sp³-hybridized carbons (Fsp3) is 0.391. The van der Waals surface area contributed by atoms with Gasteiger partial charge in [-0.3, -0.25) is 4.79 Å². The first-order chi connectivity index (χ1) is 14.5. The molecule has 2 aromatic rings. The number of hydrogen-bond acceptors (Lipinski definition) is 4. The van der Waals surface area contributed by atoms with Gasteiger partial charge in [0.1, 0.15) is 12.0 Å². The maximum atomic E-state index is 15.5. The van der Waals surface area contributed by atoms with E-state index in [-0.39, 0.29) is 45.2 Å². The van der Waals surface area contributed by atoms with E-state index >= 15 is 4.39 Å². The van der Waals surface area contributed by atoms with Crippen LogP contribution >= 0.6 is 0 Å². The standard InChI is InChI=1S/C23H22FNO5/c24-23-9-10-29-14-22(23,20(26)27)12-25(13-23)21(28)30-11-19-17-7-3-1-5-15(17)16-6-2-4-8-18(16)19/h1-8,19H,9-14H2,(H,26,27)/t22-,23+/m1/s1. The fourth-order valence-corrected chi connectivity index (χ4v) is 5.09. The summed E-state index contributed by atoms with van der Waals surface area (Å²) in [7, 11) is 0. The van der Waals surface area contributed by atoms with E-state index in [1.807, 2.05) is 48.5 Å². The van der Waals surface area contributed by atoms with E-state index in [1.54, 1.807) is 0 Å². The molecule has 7 heteroatoms. The molecule has 2 heterocycles. The summed E-state index contributed by atoms with van der Waals surface area (Å²) in [5.41, 5.74) is 0.648. The normalized spacial score (nSPS) is 27.3. The van der Waals surface area contributed by atoms with Crippen molar-refractivity contribution in [1.29, 1.82) is 0 Å². The zero-order valence-electron chi connectivity index (χ0n) is 16.3. The van der Waals surface area contributed by atoms with Gasteiger partial charge in [-0.15, -0.1) is 0 Å². The van der Waals surface area contributed by atoms with Crippen LogP contribution in [0.25, 0.3) is 11.1 Å².